The third kappa shape index (κ3) is 3.25. The maximum atomic E-state index is 12.5. The molecule has 0 aliphatic carbocycles. The average molecular weight is 324 g/mol. The highest BCUT2D eigenvalue weighted by Gasteiger charge is 2.26. The fraction of sp³-hybridized carbons (Fsp3) is 0.263. The second-order valence-electron chi connectivity index (χ2n) is 5.97. The van der Waals surface area contributed by atoms with Gasteiger partial charge >= 0.3 is 0 Å². The minimum absolute atomic E-state index is 0.00958. The van der Waals surface area contributed by atoms with E-state index in [2.05, 4.69) is 0 Å². The molecule has 1 fully saturated rings. The van der Waals surface area contributed by atoms with Crippen LogP contribution >= 0.6 is 0 Å². The third-order valence-corrected chi connectivity index (χ3v) is 4.29. The number of para-hydroxylation sites is 1. The Morgan fingerprint density at radius 3 is 1.96 bits per heavy atom. The zero-order valence-corrected chi connectivity index (χ0v) is 13.6. The van der Waals surface area contributed by atoms with Crippen LogP contribution in [0, 0.1) is 6.92 Å². The molecule has 0 aromatic heterocycles. The van der Waals surface area contributed by atoms with E-state index >= 15 is 0 Å². The van der Waals surface area contributed by atoms with Gasteiger partial charge in [-0.25, -0.2) is 0 Å². The lowest BCUT2D eigenvalue weighted by atomic mass is 10.1. The molecular weight excluding hydrogens is 304 g/mol. The first-order valence-corrected chi connectivity index (χ1v) is 7.99. The van der Waals surface area contributed by atoms with Crippen LogP contribution in [0.5, 0.6) is 5.75 Å². The van der Waals surface area contributed by atoms with Crippen LogP contribution in [0.2, 0.25) is 0 Å². The number of phenolic OH excluding ortho intramolecular Hbond substituents is 1. The van der Waals surface area contributed by atoms with E-state index in [1.165, 1.54) is 6.07 Å². The molecule has 2 aromatic rings. The molecule has 24 heavy (non-hydrogen) atoms. The zero-order valence-electron chi connectivity index (χ0n) is 13.6. The molecular formula is C19H20N2O3. The molecule has 3 rings (SSSR count). The van der Waals surface area contributed by atoms with Crippen molar-refractivity contribution >= 4 is 11.8 Å². The van der Waals surface area contributed by atoms with Gasteiger partial charge in [0.1, 0.15) is 5.75 Å². The molecule has 0 saturated carbocycles. The summed E-state index contributed by atoms with van der Waals surface area (Å²) in [5, 5.41) is 9.81. The standard InChI is InChI=1S/C19H20N2O3/c1-14-6-8-15(9-7-14)18(23)20-10-12-21(13-11-20)19(24)16-4-2-3-5-17(16)22/h2-9,22H,10-13H2,1H3. The number of nitrogens with zero attached hydrogens (tertiary/aromatic N) is 2. The Morgan fingerprint density at radius 1 is 0.833 bits per heavy atom. The number of carbonyl (C=O) groups is 2. The summed E-state index contributed by atoms with van der Waals surface area (Å²) in [6.07, 6.45) is 0. The highest BCUT2D eigenvalue weighted by atomic mass is 16.3. The van der Waals surface area contributed by atoms with E-state index in [4.69, 9.17) is 0 Å². The molecule has 0 radical (unpaired) electrons. The number of hydrogen-bond acceptors (Lipinski definition) is 3. The van der Waals surface area contributed by atoms with Crippen LogP contribution in [0.4, 0.5) is 0 Å². The Labute approximate surface area is 141 Å². The van der Waals surface area contributed by atoms with Gasteiger partial charge in [-0.2, -0.15) is 0 Å². The van der Waals surface area contributed by atoms with E-state index < -0.39 is 0 Å². The number of piperazine rings is 1. The Morgan fingerprint density at radius 2 is 1.38 bits per heavy atom. The molecule has 2 aromatic carbocycles. The molecule has 1 heterocycles. The van der Waals surface area contributed by atoms with Crippen molar-refractivity contribution in [2.45, 2.75) is 6.92 Å². The third-order valence-electron chi connectivity index (χ3n) is 4.29. The minimum atomic E-state index is -0.199. The van der Waals surface area contributed by atoms with Crippen molar-refractivity contribution in [2.24, 2.45) is 0 Å². The summed E-state index contributed by atoms with van der Waals surface area (Å²) >= 11 is 0. The summed E-state index contributed by atoms with van der Waals surface area (Å²) in [5.41, 5.74) is 2.08. The zero-order chi connectivity index (χ0) is 17.1. The van der Waals surface area contributed by atoms with Gasteiger partial charge in [-0.1, -0.05) is 29.8 Å². The molecule has 1 aliphatic heterocycles. The van der Waals surface area contributed by atoms with E-state index in [-0.39, 0.29) is 17.6 Å². The molecule has 2 amide bonds. The number of hydrogen-bond donors (Lipinski definition) is 1. The smallest absolute Gasteiger partial charge is 0.257 e. The SMILES string of the molecule is Cc1ccc(C(=O)N2CCN(C(=O)c3ccccc3O)CC2)cc1. The highest BCUT2D eigenvalue weighted by molar-refractivity contribution is 5.97. The summed E-state index contributed by atoms with van der Waals surface area (Å²) < 4.78 is 0. The molecule has 0 atom stereocenters. The van der Waals surface area contributed by atoms with Crippen molar-refractivity contribution in [1.82, 2.24) is 9.80 Å². The van der Waals surface area contributed by atoms with Gasteiger partial charge in [-0.3, -0.25) is 9.59 Å². The summed E-state index contributed by atoms with van der Waals surface area (Å²) in [5.74, 6) is -0.221. The van der Waals surface area contributed by atoms with E-state index in [0.717, 1.165) is 5.56 Å². The van der Waals surface area contributed by atoms with Gasteiger partial charge in [-0.05, 0) is 31.2 Å². The first-order chi connectivity index (χ1) is 11.6. The van der Waals surface area contributed by atoms with E-state index in [0.29, 0.717) is 37.3 Å². The van der Waals surface area contributed by atoms with E-state index in [1.807, 2.05) is 31.2 Å². The first-order valence-electron chi connectivity index (χ1n) is 7.99. The summed E-state index contributed by atoms with van der Waals surface area (Å²) in [6, 6.07) is 14.0. The molecule has 0 bridgehead atoms. The van der Waals surface area contributed by atoms with Crippen molar-refractivity contribution in [2.75, 3.05) is 26.2 Å². The van der Waals surface area contributed by atoms with Gasteiger partial charge in [0, 0.05) is 31.7 Å². The molecule has 5 heteroatoms. The lowest BCUT2D eigenvalue weighted by Gasteiger charge is -2.35. The van der Waals surface area contributed by atoms with Crippen molar-refractivity contribution in [1.29, 1.82) is 0 Å². The number of phenols is 1. The minimum Gasteiger partial charge on any atom is -0.507 e. The van der Waals surface area contributed by atoms with Gasteiger partial charge in [0.25, 0.3) is 11.8 Å². The van der Waals surface area contributed by atoms with Crippen LogP contribution in [0.15, 0.2) is 48.5 Å². The fourth-order valence-electron chi connectivity index (χ4n) is 2.82. The quantitative estimate of drug-likeness (QED) is 0.922. The molecule has 1 saturated heterocycles. The highest BCUT2D eigenvalue weighted by Crippen LogP contribution is 2.19. The lowest BCUT2D eigenvalue weighted by molar-refractivity contribution is 0.0533. The largest absolute Gasteiger partial charge is 0.507 e. The number of aromatic hydroxyl groups is 1. The number of carbonyl (C=O) groups excluding carboxylic acids is 2. The van der Waals surface area contributed by atoms with Gasteiger partial charge in [0.05, 0.1) is 5.56 Å². The second-order valence-corrected chi connectivity index (χ2v) is 5.97. The van der Waals surface area contributed by atoms with Crippen molar-refractivity contribution in [3.8, 4) is 5.75 Å². The van der Waals surface area contributed by atoms with Gasteiger partial charge in [0.2, 0.25) is 0 Å². The maximum absolute atomic E-state index is 12.5. The Hall–Kier alpha value is -2.82. The molecule has 0 unspecified atom stereocenters. The topological polar surface area (TPSA) is 60.9 Å². The van der Waals surface area contributed by atoms with Gasteiger partial charge in [-0.15, -0.1) is 0 Å². The number of rotatable bonds is 2. The van der Waals surface area contributed by atoms with Crippen molar-refractivity contribution < 1.29 is 14.7 Å². The second kappa shape index (κ2) is 6.74. The Kier molecular flexibility index (Phi) is 4.51. The van der Waals surface area contributed by atoms with Gasteiger partial charge < -0.3 is 14.9 Å². The van der Waals surface area contributed by atoms with E-state index in [9.17, 15) is 14.7 Å². The van der Waals surface area contributed by atoms with Crippen LogP contribution in [0.3, 0.4) is 0 Å². The number of amides is 2. The molecule has 124 valence electrons. The Balaban J connectivity index is 1.63. The maximum Gasteiger partial charge on any atom is 0.257 e. The first kappa shape index (κ1) is 16.1. The molecule has 1 aliphatic rings. The van der Waals surface area contributed by atoms with Crippen molar-refractivity contribution in [3.63, 3.8) is 0 Å². The van der Waals surface area contributed by atoms with Crippen LogP contribution in [0.1, 0.15) is 26.3 Å². The summed E-state index contributed by atoms with van der Waals surface area (Å²) in [7, 11) is 0. The molecule has 1 N–H and O–H groups in total. The Bertz CT molecular complexity index is 747. The normalized spacial score (nSPS) is 14.5. The number of aryl methyl sites for hydroxylation is 1. The van der Waals surface area contributed by atoms with Crippen LogP contribution in [-0.2, 0) is 0 Å². The summed E-state index contributed by atoms with van der Waals surface area (Å²) in [6.45, 7) is 3.89. The van der Waals surface area contributed by atoms with Crippen LogP contribution in [0.25, 0.3) is 0 Å². The lowest BCUT2D eigenvalue weighted by Crippen LogP contribution is -2.50. The van der Waals surface area contributed by atoms with Crippen molar-refractivity contribution in [3.05, 3.63) is 65.2 Å². The predicted octanol–water partition coefficient (Wildman–Crippen LogP) is 2.30. The van der Waals surface area contributed by atoms with Crippen LogP contribution in [-0.4, -0.2) is 52.9 Å². The predicted molar refractivity (Wildman–Crippen MR) is 91.1 cm³/mol. The van der Waals surface area contributed by atoms with E-state index in [1.54, 1.807) is 28.0 Å². The number of benzene rings is 2. The average Bonchev–Trinajstić information content (AvgIpc) is 2.62. The van der Waals surface area contributed by atoms with Crippen LogP contribution < -0.4 is 0 Å². The molecule has 0 spiro atoms. The monoisotopic (exact) mass is 324 g/mol. The fourth-order valence-corrected chi connectivity index (χ4v) is 2.82. The van der Waals surface area contributed by atoms with Gasteiger partial charge in [0.15, 0.2) is 0 Å². The summed E-state index contributed by atoms with van der Waals surface area (Å²) in [4.78, 5) is 28.4. The molecule has 5 nitrogen and oxygen atoms in total.